The number of allylic oxidation sites excluding steroid dienone is 6. The Bertz CT molecular complexity index is 1090. The number of nitrogens with one attached hydrogen (secondary N) is 1. The van der Waals surface area contributed by atoms with Gasteiger partial charge in [-0.05, 0) is 81.6 Å². The van der Waals surface area contributed by atoms with Crippen LogP contribution in [0.5, 0.6) is 0 Å². The smallest absolute Gasteiger partial charge is 0.275 e. The zero-order valence-corrected chi connectivity index (χ0v) is 19.6. The summed E-state index contributed by atoms with van der Waals surface area (Å²) in [5, 5.41) is 5.84. The molecule has 166 valence electrons. The summed E-state index contributed by atoms with van der Waals surface area (Å²) in [5.74, 6) is -0.150. The van der Waals surface area contributed by atoms with Crippen LogP contribution in [0.15, 0.2) is 59.0 Å². The van der Waals surface area contributed by atoms with Crippen LogP contribution in [0.2, 0.25) is 0 Å². The van der Waals surface area contributed by atoms with Gasteiger partial charge in [-0.1, -0.05) is 18.2 Å². The number of amides is 1. The molecule has 0 bridgehead atoms. The fourth-order valence-corrected chi connectivity index (χ4v) is 5.69. The minimum Gasteiger partial charge on any atom is -0.370 e. The molecule has 1 aromatic carbocycles. The molecule has 1 unspecified atom stereocenters. The highest BCUT2D eigenvalue weighted by Gasteiger charge is 2.24. The summed E-state index contributed by atoms with van der Waals surface area (Å²) < 4.78 is 0. The van der Waals surface area contributed by atoms with E-state index in [1.165, 1.54) is 28.8 Å². The lowest BCUT2D eigenvalue weighted by Crippen LogP contribution is -2.31. The lowest BCUT2D eigenvalue weighted by molar-refractivity contribution is 0.102. The van der Waals surface area contributed by atoms with Gasteiger partial charge >= 0.3 is 0 Å². The van der Waals surface area contributed by atoms with E-state index in [1.807, 2.05) is 17.5 Å². The van der Waals surface area contributed by atoms with Crippen LogP contribution >= 0.6 is 11.3 Å². The minimum absolute atomic E-state index is 0.150. The molecule has 1 aliphatic heterocycles. The number of thiazole rings is 1. The molecule has 2 aliphatic carbocycles. The summed E-state index contributed by atoms with van der Waals surface area (Å²) in [6.45, 7) is 2.12. The summed E-state index contributed by atoms with van der Waals surface area (Å²) in [6.07, 6.45) is 12.3. The molecule has 0 radical (unpaired) electrons. The van der Waals surface area contributed by atoms with E-state index < -0.39 is 0 Å². The Balaban J connectivity index is 1.24. The molecule has 1 aromatic heterocycles. The van der Waals surface area contributed by atoms with E-state index in [1.54, 1.807) is 11.3 Å². The molecule has 5 rings (SSSR count). The molecule has 0 saturated carbocycles. The van der Waals surface area contributed by atoms with Gasteiger partial charge in [0.1, 0.15) is 10.7 Å². The van der Waals surface area contributed by atoms with Gasteiger partial charge in [-0.2, -0.15) is 0 Å². The van der Waals surface area contributed by atoms with Gasteiger partial charge in [-0.3, -0.25) is 4.79 Å². The molecule has 1 N–H and O–H groups in total. The first-order valence-corrected chi connectivity index (χ1v) is 12.3. The zero-order chi connectivity index (χ0) is 22.1. The van der Waals surface area contributed by atoms with Gasteiger partial charge in [0.25, 0.3) is 5.91 Å². The van der Waals surface area contributed by atoms with Crippen LogP contribution in [-0.2, 0) is 0 Å². The number of carbonyl (C=O) groups excluding carboxylic acids is 1. The van der Waals surface area contributed by atoms with Crippen LogP contribution in [0.1, 0.15) is 47.6 Å². The van der Waals surface area contributed by atoms with Crippen molar-refractivity contribution in [2.24, 2.45) is 0 Å². The summed E-state index contributed by atoms with van der Waals surface area (Å²) in [6, 6.07) is 8.76. The SMILES string of the molecule is CN(C)C1CCN(c2ccc(NC(=O)c3csc(C4=CCCC5=C4CCC=C5)n3)cc2)C1. The molecule has 0 spiro atoms. The standard InChI is InChI=1S/C26H30N4OS/c1-29(2)21-14-15-30(16-21)20-12-10-19(11-13-20)27-25(31)24-17-32-26(28-24)23-9-5-7-18-6-3-4-8-22(18)23/h3,6,9-13,17,21H,4-5,7-8,14-16H2,1-2H3,(H,27,31). The number of anilines is 2. The Labute approximate surface area is 194 Å². The van der Waals surface area contributed by atoms with Crippen LogP contribution in [-0.4, -0.2) is 49.0 Å². The number of nitrogens with zero attached hydrogens (tertiary/aromatic N) is 3. The van der Waals surface area contributed by atoms with Crippen molar-refractivity contribution in [3.63, 3.8) is 0 Å². The van der Waals surface area contributed by atoms with Gasteiger partial charge in [-0.25, -0.2) is 4.98 Å². The molecule has 6 heteroatoms. The Kier molecular flexibility index (Phi) is 5.98. The third kappa shape index (κ3) is 4.30. The van der Waals surface area contributed by atoms with Crippen molar-refractivity contribution in [3.8, 4) is 0 Å². The van der Waals surface area contributed by atoms with Gasteiger partial charge in [0.2, 0.25) is 0 Å². The summed E-state index contributed by atoms with van der Waals surface area (Å²) in [7, 11) is 4.28. The number of carbonyl (C=O) groups is 1. The van der Waals surface area contributed by atoms with Crippen LogP contribution in [0.25, 0.3) is 5.57 Å². The van der Waals surface area contributed by atoms with E-state index in [0.29, 0.717) is 11.7 Å². The van der Waals surface area contributed by atoms with Crippen LogP contribution in [0.4, 0.5) is 11.4 Å². The number of aromatic nitrogens is 1. The number of hydrogen-bond donors (Lipinski definition) is 1. The number of benzene rings is 1. The minimum atomic E-state index is -0.150. The maximum Gasteiger partial charge on any atom is 0.275 e. The van der Waals surface area contributed by atoms with Crippen molar-refractivity contribution in [1.29, 1.82) is 0 Å². The number of rotatable bonds is 5. The number of likely N-dealkylation sites (N-methyl/N-ethyl adjacent to an activating group) is 1. The fraction of sp³-hybridized carbons (Fsp3) is 0.385. The van der Waals surface area contributed by atoms with Crippen molar-refractivity contribution in [2.75, 3.05) is 37.4 Å². The predicted molar refractivity (Wildman–Crippen MR) is 133 cm³/mol. The maximum absolute atomic E-state index is 12.8. The van der Waals surface area contributed by atoms with Crippen molar-refractivity contribution < 1.29 is 4.79 Å². The monoisotopic (exact) mass is 446 g/mol. The highest BCUT2D eigenvalue weighted by Crippen LogP contribution is 2.39. The summed E-state index contributed by atoms with van der Waals surface area (Å²) in [5.41, 5.74) is 6.57. The molecule has 1 saturated heterocycles. The summed E-state index contributed by atoms with van der Waals surface area (Å²) >= 11 is 1.56. The van der Waals surface area contributed by atoms with Gasteiger partial charge in [0, 0.05) is 41.5 Å². The van der Waals surface area contributed by atoms with E-state index in [9.17, 15) is 4.79 Å². The van der Waals surface area contributed by atoms with Crippen molar-refractivity contribution in [2.45, 2.75) is 38.1 Å². The molecule has 1 atom stereocenters. The van der Waals surface area contributed by atoms with Gasteiger partial charge in [0.05, 0.1) is 0 Å². The second kappa shape index (κ2) is 9.04. The third-order valence-corrected chi connectivity index (χ3v) is 7.58. The van der Waals surface area contributed by atoms with E-state index >= 15 is 0 Å². The first-order chi connectivity index (χ1) is 15.6. The lowest BCUT2D eigenvalue weighted by atomic mass is 9.85. The zero-order valence-electron chi connectivity index (χ0n) is 18.8. The maximum atomic E-state index is 12.8. The molecule has 1 amide bonds. The first kappa shape index (κ1) is 21.2. The van der Waals surface area contributed by atoms with E-state index in [2.05, 4.69) is 59.6 Å². The fourth-order valence-electron chi connectivity index (χ4n) is 4.82. The topological polar surface area (TPSA) is 48.5 Å². The molecule has 1 fully saturated rings. The molecule has 2 heterocycles. The van der Waals surface area contributed by atoms with Crippen molar-refractivity contribution >= 4 is 34.2 Å². The van der Waals surface area contributed by atoms with Gasteiger partial charge in [-0.15, -0.1) is 11.3 Å². The Morgan fingerprint density at radius 1 is 1.19 bits per heavy atom. The average molecular weight is 447 g/mol. The highest BCUT2D eigenvalue weighted by molar-refractivity contribution is 7.11. The van der Waals surface area contributed by atoms with Crippen molar-refractivity contribution in [3.05, 3.63) is 69.7 Å². The lowest BCUT2D eigenvalue weighted by Gasteiger charge is -2.22. The van der Waals surface area contributed by atoms with Gasteiger partial charge < -0.3 is 15.1 Å². The molecular formula is C26H30N4OS. The van der Waals surface area contributed by atoms with Crippen LogP contribution in [0.3, 0.4) is 0 Å². The second-order valence-electron chi connectivity index (χ2n) is 8.99. The Morgan fingerprint density at radius 3 is 2.81 bits per heavy atom. The number of hydrogen-bond acceptors (Lipinski definition) is 5. The third-order valence-electron chi connectivity index (χ3n) is 6.71. The first-order valence-electron chi connectivity index (χ1n) is 11.5. The average Bonchev–Trinajstić information content (AvgIpc) is 3.50. The quantitative estimate of drug-likeness (QED) is 0.672. The summed E-state index contributed by atoms with van der Waals surface area (Å²) in [4.78, 5) is 22.2. The molecule has 5 nitrogen and oxygen atoms in total. The molecule has 2 aromatic rings. The normalized spacial score (nSPS) is 20.5. The Hall–Kier alpha value is -2.70. The van der Waals surface area contributed by atoms with Gasteiger partial charge in [0.15, 0.2) is 0 Å². The molecule has 3 aliphatic rings. The van der Waals surface area contributed by atoms with E-state index in [-0.39, 0.29) is 5.91 Å². The van der Waals surface area contributed by atoms with Crippen LogP contribution in [0, 0.1) is 0 Å². The van der Waals surface area contributed by atoms with E-state index in [4.69, 9.17) is 4.98 Å². The second-order valence-corrected chi connectivity index (χ2v) is 9.85. The highest BCUT2D eigenvalue weighted by atomic mass is 32.1. The van der Waals surface area contributed by atoms with Crippen molar-refractivity contribution in [1.82, 2.24) is 9.88 Å². The Morgan fingerprint density at radius 2 is 2.03 bits per heavy atom. The van der Waals surface area contributed by atoms with Crippen LogP contribution < -0.4 is 10.2 Å². The largest absolute Gasteiger partial charge is 0.370 e. The molecule has 32 heavy (non-hydrogen) atoms. The predicted octanol–water partition coefficient (Wildman–Crippen LogP) is 5.36. The van der Waals surface area contributed by atoms with E-state index in [0.717, 1.165) is 49.5 Å². The molecular weight excluding hydrogens is 416 g/mol.